The zero-order valence-electron chi connectivity index (χ0n) is 11.7. The first kappa shape index (κ1) is 13.6. The smallest absolute Gasteiger partial charge is 0.310 e. The van der Waals surface area contributed by atoms with Gasteiger partial charge in [0.25, 0.3) is 0 Å². The standard InChI is InChI=1S/C16H26O2/c1-12(15(17)18)13-6-8-14(9-7-13)16(2)10-4-3-5-11-16/h6,12,14H,3-5,7-11H2,1-2H3,(H,17,18). The van der Waals surface area contributed by atoms with Crippen molar-refractivity contribution in [2.45, 2.75) is 65.2 Å². The molecule has 1 fully saturated rings. The van der Waals surface area contributed by atoms with Crippen LogP contribution in [0.3, 0.4) is 0 Å². The van der Waals surface area contributed by atoms with Crippen LogP contribution in [0.1, 0.15) is 65.2 Å². The molecule has 0 radical (unpaired) electrons. The summed E-state index contributed by atoms with van der Waals surface area (Å²) in [6, 6.07) is 0. The molecule has 102 valence electrons. The van der Waals surface area contributed by atoms with Crippen molar-refractivity contribution in [1.29, 1.82) is 0 Å². The lowest BCUT2D eigenvalue weighted by molar-refractivity contribution is -0.139. The van der Waals surface area contributed by atoms with Crippen LogP contribution in [0.25, 0.3) is 0 Å². The van der Waals surface area contributed by atoms with Gasteiger partial charge in [0.05, 0.1) is 5.92 Å². The minimum atomic E-state index is -0.677. The lowest BCUT2D eigenvalue weighted by Gasteiger charge is -2.42. The maximum atomic E-state index is 11.0. The van der Waals surface area contributed by atoms with Gasteiger partial charge in [-0.3, -0.25) is 4.79 Å². The Morgan fingerprint density at radius 1 is 1.39 bits per heavy atom. The second-order valence-electron chi connectivity index (χ2n) is 6.52. The van der Waals surface area contributed by atoms with Crippen molar-refractivity contribution in [3.05, 3.63) is 11.6 Å². The van der Waals surface area contributed by atoms with Crippen LogP contribution in [0.5, 0.6) is 0 Å². The normalized spacial score (nSPS) is 29.4. The maximum absolute atomic E-state index is 11.0. The van der Waals surface area contributed by atoms with Gasteiger partial charge in [0, 0.05) is 0 Å². The van der Waals surface area contributed by atoms with Crippen molar-refractivity contribution in [2.75, 3.05) is 0 Å². The second kappa shape index (κ2) is 5.46. The SMILES string of the molecule is CC(C(=O)O)C1=CCC(C2(C)CCCCC2)CC1. The highest BCUT2D eigenvalue weighted by molar-refractivity contribution is 5.73. The Kier molecular flexibility index (Phi) is 4.14. The van der Waals surface area contributed by atoms with E-state index in [1.165, 1.54) is 38.5 Å². The Labute approximate surface area is 110 Å². The van der Waals surface area contributed by atoms with E-state index in [4.69, 9.17) is 5.11 Å². The predicted octanol–water partition coefficient (Wildman–Crippen LogP) is 4.40. The minimum absolute atomic E-state index is 0.287. The number of aliphatic carboxylic acids is 1. The van der Waals surface area contributed by atoms with Crippen LogP contribution in [0.15, 0.2) is 11.6 Å². The third-order valence-electron chi connectivity index (χ3n) is 5.35. The van der Waals surface area contributed by atoms with Crippen molar-refractivity contribution in [1.82, 2.24) is 0 Å². The van der Waals surface area contributed by atoms with Crippen molar-refractivity contribution in [2.24, 2.45) is 17.3 Å². The first-order valence-corrected chi connectivity index (χ1v) is 7.45. The van der Waals surface area contributed by atoms with Gasteiger partial charge in [0.15, 0.2) is 0 Å². The first-order chi connectivity index (χ1) is 8.53. The molecule has 2 nitrogen and oxygen atoms in total. The van der Waals surface area contributed by atoms with Crippen LogP contribution < -0.4 is 0 Å². The molecule has 2 rings (SSSR count). The van der Waals surface area contributed by atoms with E-state index in [2.05, 4.69) is 13.0 Å². The Bertz CT molecular complexity index is 337. The highest BCUT2D eigenvalue weighted by atomic mass is 16.4. The lowest BCUT2D eigenvalue weighted by Crippen LogP contribution is -2.31. The van der Waals surface area contributed by atoms with Crippen LogP contribution >= 0.6 is 0 Å². The molecule has 18 heavy (non-hydrogen) atoms. The first-order valence-electron chi connectivity index (χ1n) is 7.45. The molecule has 2 aliphatic carbocycles. The molecular weight excluding hydrogens is 224 g/mol. The van der Waals surface area contributed by atoms with Crippen molar-refractivity contribution in [3.63, 3.8) is 0 Å². The number of carboxylic acid groups (broad SMARTS) is 1. The van der Waals surface area contributed by atoms with Crippen molar-refractivity contribution < 1.29 is 9.90 Å². The average Bonchev–Trinajstić information content (AvgIpc) is 2.39. The van der Waals surface area contributed by atoms with Gasteiger partial charge in [-0.05, 0) is 50.4 Å². The molecule has 2 unspecified atom stereocenters. The summed E-state index contributed by atoms with van der Waals surface area (Å²) in [6.07, 6.45) is 12.4. The Balaban J connectivity index is 1.98. The zero-order chi connectivity index (χ0) is 13.2. The van der Waals surface area contributed by atoms with Crippen LogP contribution in [-0.2, 0) is 4.79 Å². The summed E-state index contributed by atoms with van der Waals surface area (Å²) in [5.74, 6) is -0.184. The Hall–Kier alpha value is -0.790. The number of rotatable bonds is 3. The summed E-state index contributed by atoms with van der Waals surface area (Å²) in [5.41, 5.74) is 1.67. The fourth-order valence-electron chi connectivity index (χ4n) is 3.81. The molecule has 0 amide bonds. The number of carboxylic acids is 1. The van der Waals surface area contributed by atoms with Crippen LogP contribution in [-0.4, -0.2) is 11.1 Å². The molecule has 1 N–H and O–H groups in total. The molecule has 0 bridgehead atoms. The van der Waals surface area contributed by atoms with E-state index in [1.54, 1.807) is 0 Å². The van der Waals surface area contributed by atoms with E-state index >= 15 is 0 Å². The number of hydrogen-bond acceptors (Lipinski definition) is 1. The van der Waals surface area contributed by atoms with E-state index in [0.29, 0.717) is 5.41 Å². The van der Waals surface area contributed by atoms with Gasteiger partial charge < -0.3 is 5.11 Å². The van der Waals surface area contributed by atoms with Gasteiger partial charge in [-0.15, -0.1) is 0 Å². The third kappa shape index (κ3) is 2.78. The molecule has 0 aromatic carbocycles. The van der Waals surface area contributed by atoms with E-state index in [9.17, 15) is 4.79 Å². The van der Waals surface area contributed by atoms with E-state index in [-0.39, 0.29) is 5.92 Å². The van der Waals surface area contributed by atoms with Gasteiger partial charge in [0.2, 0.25) is 0 Å². The summed E-state index contributed by atoms with van der Waals surface area (Å²) in [6.45, 7) is 4.27. The van der Waals surface area contributed by atoms with Gasteiger partial charge in [-0.2, -0.15) is 0 Å². The summed E-state index contributed by atoms with van der Waals surface area (Å²) < 4.78 is 0. The van der Waals surface area contributed by atoms with E-state index < -0.39 is 5.97 Å². The monoisotopic (exact) mass is 250 g/mol. The van der Waals surface area contributed by atoms with E-state index in [1.807, 2.05) is 6.92 Å². The summed E-state index contributed by atoms with van der Waals surface area (Å²) >= 11 is 0. The van der Waals surface area contributed by atoms with Crippen LogP contribution in [0, 0.1) is 17.3 Å². The number of hydrogen-bond donors (Lipinski definition) is 1. The maximum Gasteiger partial charge on any atom is 0.310 e. The summed E-state index contributed by atoms with van der Waals surface area (Å²) in [5, 5.41) is 9.06. The molecule has 2 aliphatic rings. The quantitative estimate of drug-likeness (QED) is 0.754. The molecule has 0 spiro atoms. The molecule has 0 saturated heterocycles. The molecule has 0 heterocycles. The molecule has 2 heteroatoms. The Morgan fingerprint density at radius 3 is 2.56 bits per heavy atom. The van der Waals surface area contributed by atoms with Gasteiger partial charge in [-0.1, -0.05) is 37.8 Å². The van der Waals surface area contributed by atoms with E-state index in [0.717, 1.165) is 24.3 Å². The largest absolute Gasteiger partial charge is 0.481 e. The second-order valence-corrected chi connectivity index (χ2v) is 6.52. The average molecular weight is 250 g/mol. The molecule has 1 saturated carbocycles. The molecule has 2 atom stereocenters. The van der Waals surface area contributed by atoms with Gasteiger partial charge in [-0.25, -0.2) is 0 Å². The molecule has 0 aromatic heterocycles. The third-order valence-corrected chi connectivity index (χ3v) is 5.35. The topological polar surface area (TPSA) is 37.3 Å². The summed E-state index contributed by atoms with van der Waals surface area (Å²) in [4.78, 5) is 11.0. The molecular formula is C16H26O2. The van der Waals surface area contributed by atoms with Crippen molar-refractivity contribution in [3.8, 4) is 0 Å². The number of carbonyl (C=O) groups is 1. The minimum Gasteiger partial charge on any atom is -0.481 e. The fraction of sp³-hybridized carbons (Fsp3) is 0.812. The highest BCUT2D eigenvalue weighted by Gasteiger charge is 2.36. The van der Waals surface area contributed by atoms with Crippen LogP contribution in [0.4, 0.5) is 0 Å². The fourth-order valence-corrected chi connectivity index (χ4v) is 3.81. The van der Waals surface area contributed by atoms with Gasteiger partial charge in [0.1, 0.15) is 0 Å². The molecule has 0 aromatic rings. The zero-order valence-corrected chi connectivity index (χ0v) is 11.7. The number of allylic oxidation sites excluding steroid dienone is 1. The highest BCUT2D eigenvalue weighted by Crippen LogP contribution is 2.47. The Morgan fingerprint density at radius 2 is 2.06 bits per heavy atom. The predicted molar refractivity (Wildman–Crippen MR) is 73.4 cm³/mol. The molecule has 0 aliphatic heterocycles. The lowest BCUT2D eigenvalue weighted by atomic mass is 9.63. The summed E-state index contributed by atoms with van der Waals surface area (Å²) in [7, 11) is 0. The van der Waals surface area contributed by atoms with Gasteiger partial charge >= 0.3 is 5.97 Å². The van der Waals surface area contributed by atoms with Crippen LogP contribution in [0.2, 0.25) is 0 Å². The van der Waals surface area contributed by atoms with Crippen molar-refractivity contribution >= 4 is 5.97 Å².